The molecule has 2 fully saturated rings. The second kappa shape index (κ2) is 6.75. The maximum absolute atomic E-state index is 10.5. The monoisotopic (exact) mass is 240 g/mol. The van der Waals surface area contributed by atoms with Crippen molar-refractivity contribution in [1.29, 1.82) is 0 Å². The Morgan fingerprint density at radius 3 is 2.18 bits per heavy atom. The van der Waals surface area contributed by atoms with Crippen LogP contribution in [0.15, 0.2) is 0 Å². The van der Waals surface area contributed by atoms with Crippen molar-refractivity contribution in [2.24, 2.45) is 17.8 Å². The van der Waals surface area contributed by atoms with E-state index >= 15 is 0 Å². The second-order valence-electron chi connectivity index (χ2n) is 6.01. The zero-order valence-electron chi connectivity index (χ0n) is 11.2. The van der Waals surface area contributed by atoms with Gasteiger partial charge >= 0.3 is 0 Å². The summed E-state index contributed by atoms with van der Waals surface area (Å²) in [4.78, 5) is 0. The lowest BCUT2D eigenvalue weighted by Gasteiger charge is -2.36. The Labute approximate surface area is 106 Å². The SMILES string of the molecule is CCCC1CCC(C(O)C2CCOCC2)CC1. The molecule has 0 bridgehead atoms. The topological polar surface area (TPSA) is 29.5 Å². The molecule has 0 aromatic rings. The molecule has 1 saturated heterocycles. The van der Waals surface area contributed by atoms with Crippen molar-refractivity contribution >= 4 is 0 Å². The summed E-state index contributed by atoms with van der Waals surface area (Å²) < 4.78 is 5.38. The van der Waals surface area contributed by atoms with Gasteiger partial charge in [-0.3, -0.25) is 0 Å². The lowest BCUT2D eigenvalue weighted by atomic mass is 9.74. The second-order valence-corrected chi connectivity index (χ2v) is 6.01. The van der Waals surface area contributed by atoms with Crippen molar-refractivity contribution < 1.29 is 9.84 Å². The first-order valence-corrected chi connectivity index (χ1v) is 7.57. The Morgan fingerprint density at radius 1 is 1.00 bits per heavy atom. The van der Waals surface area contributed by atoms with E-state index in [0.717, 1.165) is 32.0 Å². The molecule has 1 heterocycles. The molecule has 2 heteroatoms. The van der Waals surface area contributed by atoms with Crippen molar-refractivity contribution in [2.75, 3.05) is 13.2 Å². The molecule has 0 aromatic carbocycles. The Hall–Kier alpha value is -0.0800. The molecular formula is C15H28O2. The predicted molar refractivity (Wildman–Crippen MR) is 69.9 cm³/mol. The van der Waals surface area contributed by atoms with Gasteiger partial charge < -0.3 is 9.84 Å². The molecule has 0 radical (unpaired) electrons. The molecule has 2 rings (SSSR count). The lowest BCUT2D eigenvalue weighted by molar-refractivity contribution is -0.0284. The van der Waals surface area contributed by atoms with Crippen molar-refractivity contribution in [3.05, 3.63) is 0 Å². The summed E-state index contributed by atoms with van der Waals surface area (Å²) in [6.45, 7) is 3.99. The number of hydrogen-bond acceptors (Lipinski definition) is 2. The van der Waals surface area contributed by atoms with Gasteiger partial charge in [-0.2, -0.15) is 0 Å². The minimum atomic E-state index is -0.0542. The summed E-state index contributed by atoms with van der Waals surface area (Å²) in [5.74, 6) is 2.03. The first kappa shape index (κ1) is 13.4. The Kier molecular flexibility index (Phi) is 5.30. The van der Waals surface area contributed by atoms with Gasteiger partial charge in [-0.15, -0.1) is 0 Å². The largest absolute Gasteiger partial charge is 0.393 e. The van der Waals surface area contributed by atoms with E-state index in [0.29, 0.717) is 11.8 Å². The average Bonchev–Trinajstić information content (AvgIpc) is 2.40. The quantitative estimate of drug-likeness (QED) is 0.816. The van der Waals surface area contributed by atoms with Gasteiger partial charge in [-0.25, -0.2) is 0 Å². The molecule has 1 unspecified atom stereocenters. The van der Waals surface area contributed by atoms with Crippen molar-refractivity contribution in [3.63, 3.8) is 0 Å². The smallest absolute Gasteiger partial charge is 0.0598 e. The van der Waals surface area contributed by atoms with Gasteiger partial charge in [0.05, 0.1) is 6.10 Å². The highest BCUT2D eigenvalue weighted by molar-refractivity contribution is 4.82. The highest BCUT2D eigenvalue weighted by Gasteiger charge is 2.31. The molecule has 100 valence electrons. The average molecular weight is 240 g/mol. The van der Waals surface area contributed by atoms with E-state index in [1.54, 1.807) is 0 Å². The molecule has 1 saturated carbocycles. The molecule has 1 aliphatic carbocycles. The highest BCUT2D eigenvalue weighted by atomic mass is 16.5. The summed E-state index contributed by atoms with van der Waals surface area (Å²) >= 11 is 0. The summed E-state index contributed by atoms with van der Waals surface area (Å²) in [6, 6.07) is 0. The van der Waals surface area contributed by atoms with Crippen LogP contribution in [-0.2, 0) is 4.74 Å². The molecule has 1 N–H and O–H groups in total. The normalized spacial score (nSPS) is 33.5. The van der Waals surface area contributed by atoms with Crippen LogP contribution in [0.2, 0.25) is 0 Å². The molecule has 2 aliphatic rings. The minimum absolute atomic E-state index is 0.0542. The van der Waals surface area contributed by atoms with E-state index in [1.807, 2.05) is 0 Å². The van der Waals surface area contributed by atoms with Gasteiger partial charge in [0.2, 0.25) is 0 Å². The number of aliphatic hydroxyl groups excluding tert-OH is 1. The highest BCUT2D eigenvalue weighted by Crippen LogP contribution is 2.36. The van der Waals surface area contributed by atoms with Crippen molar-refractivity contribution in [1.82, 2.24) is 0 Å². The van der Waals surface area contributed by atoms with Gasteiger partial charge in [-0.05, 0) is 43.4 Å². The maximum atomic E-state index is 10.5. The maximum Gasteiger partial charge on any atom is 0.0598 e. The van der Waals surface area contributed by atoms with Gasteiger partial charge in [0.1, 0.15) is 0 Å². The fourth-order valence-corrected chi connectivity index (χ4v) is 3.67. The summed E-state index contributed by atoms with van der Waals surface area (Å²) in [5, 5.41) is 10.5. The van der Waals surface area contributed by atoms with Crippen LogP contribution < -0.4 is 0 Å². The minimum Gasteiger partial charge on any atom is -0.393 e. The van der Waals surface area contributed by atoms with Crippen LogP contribution in [0.4, 0.5) is 0 Å². The van der Waals surface area contributed by atoms with Gasteiger partial charge in [0, 0.05) is 13.2 Å². The zero-order valence-corrected chi connectivity index (χ0v) is 11.2. The van der Waals surface area contributed by atoms with Gasteiger partial charge in [0.15, 0.2) is 0 Å². The van der Waals surface area contributed by atoms with Crippen LogP contribution in [0, 0.1) is 17.8 Å². The number of rotatable bonds is 4. The molecule has 17 heavy (non-hydrogen) atoms. The Morgan fingerprint density at radius 2 is 1.59 bits per heavy atom. The summed E-state index contributed by atoms with van der Waals surface area (Å²) in [6.07, 6.45) is 9.98. The van der Waals surface area contributed by atoms with Crippen LogP contribution in [0.1, 0.15) is 58.3 Å². The number of ether oxygens (including phenoxy) is 1. The molecule has 0 aromatic heterocycles. The lowest BCUT2D eigenvalue weighted by Crippen LogP contribution is -2.35. The molecule has 0 amide bonds. The third kappa shape index (κ3) is 3.69. The van der Waals surface area contributed by atoms with Crippen LogP contribution >= 0.6 is 0 Å². The van der Waals surface area contributed by atoms with Crippen LogP contribution in [0.3, 0.4) is 0 Å². The summed E-state index contributed by atoms with van der Waals surface area (Å²) in [7, 11) is 0. The zero-order chi connectivity index (χ0) is 12.1. The predicted octanol–water partition coefficient (Wildman–Crippen LogP) is 3.38. The first-order valence-electron chi connectivity index (χ1n) is 7.57. The Balaban J connectivity index is 1.75. The third-order valence-corrected chi connectivity index (χ3v) is 4.82. The van der Waals surface area contributed by atoms with Gasteiger partial charge in [0.25, 0.3) is 0 Å². The van der Waals surface area contributed by atoms with E-state index in [2.05, 4.69) is 6.92 Å². The van der Waals surface area contributed by atoms with E-state index in [-0.39, 0.29) is 6.10 Å². The molecule has 1 aliphatic heterocycles. The number of aliphatic hydroxyl groups is 1. The van der Waals surface area contributed by atoms with E-state index in [9.17, 15) is 5.11 Å². The summed E-state index contributed by atoms with van der Waals surface area (Å²) in [5.41, 5.74) is 0. The first-order chi connectivity index (χ1) is 8.31. The number of hydrogen-bond donors (Lipinski definition) is 1. The molecule has 2 nitrogen and oxygen atoms in total. The van der Waals surface area contributed by atoms with E-state index in [1.165, 1.54) is 38.5 Å². The molecular weight excluding hydrogens is 212 g/mol. The fraction of sp³-hybridized carbons (Fsp3) is 1.00. The van der Waals surface area contributed by atoms with Crippen LogP contribution in [-0.4, -0.2) is 24.4 Å². The van der Waals surface area contributed by atoms with Crippen molar-refractivity contribution in [2.45, 2.75) is 64.4 Å². The van der Waals surface area contributed by atoms with Crippen molar-refractivity contribution in [3.8, 4) is 0 Å². The molecule has 1 atom stereocenters. The van der Waals surface area contributed by atoms with Crippen LogP contribution in [0.5, 0.6) is 0 Å². The standard InChI is InChI=1S/C15H28O2/c1-2-3-12-4-6-13(7-5-12)15(16)14-8-10-17-11-9-14/h12-16H,2-11H2,1H3. The molecule has 0 spiro atoms. The Bertz CT molecular complexity index is 203. The van der Waals surface area contributed by atoms with Crippen LogP contribution in [0.25, 0.3) is 0 Å². The van der Waals surface area contributed by atoms with E-state index in [4.69, 9.17) is 4.74 Å². The fourth-order valence-electron chi connectivity index (χ4n) is 3.67. The van der Waals surface area contributed by atoms with Gasteiger partial charge in [-0.1, -0.05) is 32.6 Å². The third-order valence-electron chi connectivity index (χ3n) is 4.82. The van der Waals surface area contributed by atoms with E-state index < -0.39 is 0 Å².